The molecule has 0 radical (unpaired) electrons. The number of hydrogen-bond donors (Lipinski definition) is 2. The van der Waals surface area contributed by atoms with Gasteiger partial charge in [0.1, 0.15) is 5.76 Å². The highest BCUT2D eigenvalue weighted by molar-refractivity contribution is 6.30. The van der Waals surface area contributed by atoms with E-state index in [0.29, 0.717) is 23.9 Å². The van der Waals surface area contributed by atoms with Crippen molar-refractivity contribution in [1.82, 2.24) is 15.8 Å². The molecule has 2 atom stereocenters. The molecular weight excluding hydrogens is 338 g/mol. The number of nitrogens with one attached hydrogen (secondary N) is 2. The maximum Gasteiger partial charge on any atom is 0.315 e. The summed E-state index contributed by atoms with van der Waals surface area (Å²) in [7, 11) is 0. The third-order valence-electron chi connectivity index (χ3n) is 4.30. The molecule has 25 heavy (non-hydrogen) atoms. The number of carbonyl (C=O) groups is 1. The summed E-state index contributed by atoms with van der Waals surface area (Å²) >= 11 is 6.15. The Hall–Kier alpha value is -2.01. The first kappa shape index (κ1) is 19.3. The molecule has 0 aliphatic rings. The molecule has 0 aliphatic carbocycles. The molecular formula is C19H26ClN3O2. The molecule has 5 nitrogen and oxygen atoms in total. The lowest BCUT2D eigenvalue weighted by atomic mass is 9.87. The van der Waals surface area contributed by atoms with E-state index in [1.165, 1.54) is 0 Å². The van der Waals surface area contributed by atoms with Gasteiger partial charge in [-0.05, 0) is 30.0 Å². The van der Waals surface area contributed by atoms with Crippen molar-refractivity contribution < 1.29 is 9.32 Å². The molecule has 1 aromatic carbocycles. The molecule has 2 N–H and O–H groups in total. The number of amides is 2. The summed E-state index contributed by atoms with van der Waals surface area (Å²) in [5.74, 6) is 1.12. The van der Waals surface area contributed by atoms with Crippen LogP contribution in [0.5, 0.6) is 0 Å². The minimum atomic E-state index is -0.181. The minimum Gasteiger partial charge on any atom is -0.361 e. The second kappa shape index (κ2) is 10.1. The second-order valence-corrected chi connectivity index (χ2v) is 6.56. The molecule has 2 rings (SSSR count). The van der Waals surface area contributed by atoms with Crippen LogP contribution in [0.1, 0.15) is 50.5 Å². The van der Waals surface area contributed by atoms with Gasteiger partial charge in [0.15, 0.2) is 0 Å². The van der Waals surface area contributed by atoms with E-state index in [-0.39, 0.29) is 12.1 Å². The SMILES string of the molecule is CCCC(CC)C(NC(=O)NCCc1ccno1)c1cccc(Cl)c1. The van der Waals surface area contributed by atoms with Gasteiger partial charge in [0, 0.05) is 24.1 Å². The average molecular weight is 364 g/mol. The minimum absolute atomic E-state index is 0.0612. The fourth-order valence-corrected chi connectivity index (χ4v) is 3.21. The third kappa shape index (κ3) is 6.09. The molecule has 0 saturated heterocycles. The van der Waals surface area contributed by atoms with Gasteiger partial charge in [0.25, 0.3) is 0 Å². The monoisotopic (exact) mass is 363 g/mol. The quantitative estimate of drug-likeness (QED) is 0.676. The standard InChI is InChI=1S/C19H26ClN3O2/c1-3-6-14(4-2)18(15-7-5-8-16(20)13-15)23-19(24)21-11-9-17-10-12-22-25-17/h5,7-8,10,12-14,18H,3-4,6,9,11H2,1-2H3,(H2,21,23,24). The highest BCUT2D eigenvalue weighted by Crippen LogP contribution is 2.29. The van der Waals surface area contributed by atoms with Gasteiger partial charge in [-0.3, -0.25) is 0 Å². The summed E-state index contributed by atoms with van der Waals surface area (Å²) in [5.41, 5.74) is 1.04. The van der Waals surface area contributed by atoms with Gasteiger partial charge in [-0.2, -0.15) is 0 Å². The number of halogens is 1. The Bertz CT molecular complexity index is 646. The lowest BCUT2D eigenvalue weighted by molar-refractivity contribution is 0.228. The highest BCUT2D eigenvalue weighted by Gasteiger charge is 2.23. The van der Waals surface area contributed by atoms with Crippen molar-refractivity contribution in [3.63, 3.8) is 0 Å². The van der Waals surface area contributed by atoms with Crippen LogP contribution in [0, 0.1) is 5.92 Å². The topological polar surface area (TPSA) is 67.2 Å². The number of hydrogen-bond acceptors (Lipinski definition) is 3. The van der Waals surface area contributed by atoms with E-state index in [1.54, 1.807) is 12.3 Å². The van der Waals surface area contributed by atoms with Crippen molar-refractivity contribution in [2.75, 3.05) is 6.54 Å². The van der Waals surface area contributed by atoms with Crippen molar-refractivity contribution in [1.29, 1.82) is 0 Å². The molecule has 6 heteroatoms. The second-order valence-electron chi connectivity index (χ2n) is 6.12. The van der Waals surface area contributed by atoms with Gasteiger partial charge in [-0.15, -0.1) is 0 Å². The maximum absolute atomic E-state index is 12.4. The largest absolute Gasteiger partial charge is 0.361 e. The number of aromatic nitrogens is 1. The molecule has 2 unspecified atom stereocenters. The van der Waals surface area contributed by atoms with E-state index in [4.69, 9.17) is 16.1 Å². The predicted molar refractivity (Wildman–Crippen MR) is 99.6 cm³/mol. The summed E-state index contributed by atoms with van der Waals surface area (Å²) in [6.07, 6.45) is 5.32. The van der Waals surface area contributed by atoms with E-state index in [1.807, 2.05) is 24.3 Å². The Balaban J connectivity index is 2.00. The van der Waals surface area contributed by atoms with E-state index < -0.39 is 0 Å². The van der Waals surface area contributed by atoms with Gasteiger partial charge >= 0.3 is 6.03 Å². The molecule has 0 saturated carbocycles. The first-order chi connectivity index (χ1) is 12.1. The molecule has 1 heterocycles. The number of carbonyl (C=O) groups excluding carboxylic acids is 1. The molecule has 1 aromatic heterocycles. The smallest absolute Gasteiger partial charge is 0.315 e. The zero-order valence-corrected chi connectivity index (χ0v) is 15.6. The summed E-state index contributed by atoms with van der Waals surface area (Å²) in [6, 6.07) is 9.27. The third-order valence-corrected chi connectivity index (χ3v) is 4.53. The van der Waals surface area contributed by atoms with Crippen LogP contribution < -0.4 is 10.6 Å². The molecule has 2 amide bonds. The molecule has 136 valence electrons. The van der Waals surface area contributed by atoms with Crippen LogP contribution >= 0.6 is 11.6 Å². The van der Waals surface area contributed by atoms with E-state index in [0.717, 1.165) is 30.6 Å². The van der Waals surface area contributed by atoms with Crippen molar-refractivity contribution >= 4 is 17.6 Å². The van der Waals surface area contributed by atoms with Crippen LogP contribution in [0.3, 0.4) is 0 Å². The Morgan fingerprint density at radius 1 is 1.32 bits per heavy atom. The summed E-state index contributed by atoms with van der Waals surface area (Å²) in [4.78, 5) is 12.4. The van der Waals surface area contributed by atoms with Gasteiger partial charge < -0.3 is 15.2 Å². The Morgan fingerprint density at radius 3 is 2.80 bits per heavy atom. The van der Waals surface area contributed by atoms with Gasteiger partial charge in [0.2, 0.25) is 0 Å². The number of nitrogens with zero attached hydrogens (tertiary/aromatic N) is 1. The average Bonchev–Trinajstić information content (AvgIpc) is 3.11. The molecule has 0 aliphatic heterocycles. The summed E-state index contributed by atoms with van der Waals surface area (Å²) in [5, 5.41) is 10.3. The van der Waals surface area contributed by atoms with E-state index in [2.05, 4.69) is 29.6 Å². The van der Waals surface area contributed by atoms with Crippen LogP contribution in [0.15, 0.2) is 41.1 Å². The fourth-order valence-electron chi connectivity index (χ4n) is 3.01. The number of benzene rings is 1. The molecule has 2 aromatic rings. The van der Waals surface area contributed by atoms with Crippen molar-refractivity contribution in [2.24, 2.45) is 5.92 Å². The highest BCUT2D eigenvalue weighted by atomic mass is 35.5. The van der Waals surface area contributed by atoms with E-state index in [9.17, 15) is 4.79 Å². The summed E-state index contributed by atoms with van der Waals surface area (Å²) < 4.78 is 5.03. The Morgan fingerprint density at radius 2 is 2.16 bits per heavy atom. The fraction of sp³-hybridized carbons (Fsp3) is 0.474. The van der Waals surface area contributed by atoms with Crippen molar-refractivity contribution in [2.45, 2.75) is 45.6 Å². The zero-order valence-electron chi connectivity index (χ0n) is 14.8. The lowest BCUT2D eigenvalue weighted by Gasteiger charge is -2.28. The Labute approximate surface area is 154 Å². The normalized spacial score (nSPS) is 13.2. The van der Waals surface area contributed by atoms with Crippen molar-refractivity contribution in [3.8, 4) is 0 Å². The van der Waals surface area contributed by atoms with Gasteiger partial charge in [0.05, 0.1) is 12.2 Å². The van der Waals surface area contributed by atoms with Crippen LogP contribution in [0.25, 0.3) is 0 Å². The summed E-state index contributed by atoms with van der Waals surface area (Å²) in [6.45, 7) is 4.81. The zero-order chi connectivity index (χ0) is 18.1. The predicted octanol–water partition coefficient (Wildman–Crippen LogP) is 4.74. The first-order valence-corrected chi connectivity index (χ1v) is 9.21. The molecule has 0 fully saturated rings. The number of urea groups is 1. The molecule has 0 bridgehead atoms. The van der Waals surface area contributed by atoms with E-state index >= 15 is 0 Å². The lowest BCUT2D eigenvalue weighted by Crippen LogP contribution is -2.41. The van der Waals surface area contributed by atoms with Crippen molar-refractivity contribution in [3.05, 3.63) is 52.9 Å². The van der Waals surface area contributed by atoms with Crippen LogP contribution in [-0.4, -0.2) is 17.7 Å². The van der Waals surface area contributed by atoms with Crippen LogP contribution in [0.2, 0.25) is 5.02 Å². The maximum atomic E-state index is 12.4. The first-order valence-electron chi connectivity index (χ1n) is 8.83. The number of rotatable bonds is 9. The van der Waals surface area contributed by atoms with Crippen LogP contribution in [-0.2, 0) is 6.42 Å². The van der Waals surface area contributed by atoms with Gasteiger partial charge in [-0.25, -0.2) is 4.79 Å². The molecule has 0 spiro atoms. The van der Waals surface area contributed by atoms with Gasteiger partial charge in [-0.1, -0.05) is 55.6 Å². The Kier molecular flexibility index (Phi) is 7.79. The van der Waals surface area contributed by atoms with Crippen LogP contribution in [0.4, 0.5) is 4.79 Å².